The van der Waals surface area contributed by atoms with E-state index in [1.807, 2.05) is 0 Å². The molecule has 0 heterocycles. The van der Waals surface area contributed by atoms with E-state index < -0.39 is 11.9 Å². The Morgan fingerprint density at radius 3 is 1.27 bits per heavy atom. The highest BCUT2D eigenvalue weighted by Gasteiger charge is 2.17. The van der Waals surface area contributed by atoms with Crippen molar-refractivity contribution in [3.63, 3.8) is 0 Å². The molecule has 0 rings (SSSR count). The van der Waals surface area contributed by atoms with E-state index >= 15 is 0 Å². The smallest absolute Gasteiger partial charge is 0.239 e. The van der Waals surface area contributed by atoms with Crippen LogP contribution in [0, 0.1) is 0 Å². The van der Waals surface area contributed by atoms with E-state index in [2.05, 4.69) is 24.5 Å². The predicted molar refractivity (Wildman–Crippen MR) is 170 cm³/mol. The minimum atomic E-state index is -0.618. The lowest BCUT2D eigenvalue weighted by atomic mass is 10.0. The van der Waals surface area contributed by atoms with E-state index in [-0.39, 0.29) is 11.8 Å². The van der Waals surface area contributed by atoms with E-state index in [1.165, 1.54) is 116 Å². The highest BCUT2D eigenvalue weighted by Crippen LogP contribution is 2.13. The molecule has 0 aromatic rings. The first kappa shape index (κ1) is 38.4. The fourth-order valence-corrected chi connectivity index (χ4v) is 5.24. The fourth-order valence-electron chi connectivity index (χ4n) is 5.24. The summed E-state index contributed by atoms with van der Waals surface area (Å²) >= 11 is 0. The summed E-state index contributed by atoms with van der Waals surface area (Å²) < 4.78 is 0. The average molecular weight is 566 g/mol. The highest BCUT2D eigenvalue weighted by molar-refractivity contribution is 5.86. The number of rotatable bonds is 31. The van der Waals surface area contributed by atoms with Gasteiger partial charge in [-0.2, -0.15) is 0 Å². The van der Waals surface area contributed by atoms with Gasteiger partial charge in [-0.25, -0.2) is 0 Å². The third kappa shape index (κ3) is 28.0. The number of amides is 3. The average Bonchev–Trinajstić information content (AvgIpc) is 2.93. The predicted octanol–water partition coefficient (Wildman–Crippen LogP) is 8.65. The summed E-state index contributed by atoms with van der Waals surface area (Å²) in [7, 11) is 0. The number of primary amides is 1. The molecule has 0 unspecified atom stereocenters. The maximum atomic E-state index is 12.3. The lowest BCUT2D eigenvalue weighted by Crippen LogP contribution is -2.44. The number of carbonyl (C=O) groups excluding carboxylic acids is 3. The molecule has 0 aromatic carbocycles. The van der Waals surface area contributed by atoms with Crippen LogP contribution in [0.15, 0.2) is 0 Å². The highest BCUT2D eigenvalue weighted by atomic mass is 16.2. The Bertz CT molecular complexity index is 597. The third-order valence-electron chi connectivity index (χ3n) is 7.94. The molecule has 0 radical (unpaired) electrons. The molecule has 0 saturated carbocycles. The lowest BCUT2D eigenvalue weighted by molar-refractivity contribution is -0.127. The van der Waals surface area contributed by atoms with Crippen LogP contribution in [0.4, 0.5) is 0 Å². The number of nitrogens with two attached hydrogens (primary N) is 1. The molecular formula is C34H67N3O3. The van der Waals surface area contributed by atoms with Gasteiger partial charge in [-0.15, -0.1) is 0 Å². The van der Waals surface area contributed by atoms with Crippen molar-refractivity contribution in [2.24, 2.45) is 5.73 Å². The molecule has 0 aliphatic heterocycles. The van der Waals surface area contributed by atoms with Crippen LogP contribution in [-0.2, 0) is 14.4 Å². The Morgan fingerprint density at radius 1 is 0.500 bits per heavy atom. The van der Waals surface area contributed by atoms with E-state index in [9.17, 15) is 14.4 Å². The summed E-state index contributed by atoms with van der Waals surface area (Å²) in [6.07, 6.45) is 30.9. The SMILES string of the molecule is CCCCCCCCCCCCCC(=O)NCCCC[C@@H](NC(=O)CCCCCCCCCCCCC)C(N)=O. The number of hydrogen-bond donors (Lipinski definition) is 3. The Morgan fingerprint density at radius 2 is 0.875 bits per heavy atom. The van der Waals surface area contributed by atoms with Crippen molar-refractivity contribution >= 4 is 17.7 Å². The van der Waals surface area contributed by atoms with Crippen LogP contribution < -0.4 is 16.4 Å². The second-order valence-corrected chi connectivity index (χ2v) is 11.9. The standard InChI is InChI=1S/C34H67N3O3/c1-3-5-7-9-11-13-15-17-19-21-23-28-32(38)36-30-26-25-27-31(34(35)40)37-33(39)29-24-22-20-18-16-14-12-10-8-6-4-2/h31H,3-30H2,1-2H3,(H2,35,40)(H,36,38)(H,37,39)/t31-/m1/s1. The summed E-state index contributed by atoms with van der Waals surface area (Å²) in [6, 6.07) is -0.618. The zero-order valence-corrected chi connectivity index (χ0v) is 26.7. The normalized spacial score (nSPS) is 11.8. The van der Waals surface area contributed by atoms with Crippen LogP contribution in [-0.4, -0.2) is 30.3 Å². The van der Waals surface area contributed by atoms with Gasteiger partial charge >= 0.3 is 0 Å². The molecule has 0 spiro atoms. The Labute approximate surface area is 248 Å². The molecule has 40 heavy (non-hydrogen) atoms. The Hall–Kier alpha value is -1.59. The van der Waals surface area contributed by atoms with Crippen molar-refractivity contribution < 1.29 is 14.4 Å². The maximum Gasteiger partial charge on any atom is 0.239 e. The molecule has 4 N–H and O–H groups in total. The van der Waals surface area contributed by atoms with Gasteiger partial charge < -0.3 is 16.4 Å². The van der Waals surface area contributed by atoms with Crippen molar-refractivity contribution in [1.29, 1.82) is 0 Å². The second kappa shape index (κ2) is 30.4. The van der Waals surface area contributed by atoms with Crippen LogP contribution in [0.5, 0.6) is 0 Å². The van der Waals surface area contributed by atoms with Gasteiger partial charge in [-0.3, -0.25) is 14.4 Å². The molecule has 236 valence electrons. The van der Waals surface area contributed by atoms with Gasteiger partial charge in [0.2, 0.25) is 17.7 Å². The second-order valence-electron chi connectivity index (χ2n) is 11.9. The van der Waals surface area contributed by atoms with Crippen LogP contribution in [0.3, 0.4) is 0 Å². The van der Waals surface area contributed by atoms with Gasteiger partial charge in [-0.05, 0) is 32.1 Å². The number of unbranched alkanes of at least 4 members (excludes halogenated alkanes) is 21. The quantitative estimate of drug-likeness (QED) is 0.0733. The number of hydrogen-bond acceptors (Lipinski definition) is 3. The minimum Gasteiger partial charge on any atom is -0.368 e. The molecule has 1 atom stereocenters. The van der Waals surface area contributed by atoms with Gasteiger partial charge in [0.25, 0.3) is 0 Å². The molecule has 0 fully saturated rings. The zero-order chi connectivity index (χ0) is 29.5. The van der Waals surface area contributed by atoms with Gasteiger partial charge in [-0.1, -0.05) is 142 Å². The largest absolute Gasteiger partial charge is 0.368 e. The number of carbonyl (C=O) groups is 3. The van der Waals surface area contributed by atoms with E-state index in [0.29, 0.717) is 25.8 Å². The van der Waals surface area contributed by atoms with Crippen molar-refractivity contribution in [2.45, 2.75) is 193 Å². The monoisotopic (exact) mass is 566 g/mol. The maximum absolute atomic E-state index is 12.3. The summed E-state index contributed by atoms with van der Waals surface area (Å²) in [5, 5.41) is 5.80. The van der Waals surface area contributed by atoms with Crippen LogP contribution in [0.25, 0.3) is 0 Å². The topological polar surface area (TPSA) is 101 Å². The van der Waals surface area contributed by atoms with E-state index in [1.54, 1.807) is 0 Å². The van der Waals surface area contributed by atoms with Gasteiger partial charge in [0.1, 0.15) is 6.04 Å². The molecule has 0 aliphatic rings. The molecule has 3 amide bonds. The van der Waals surface area contributed by atoms with Crippen LogP contribution in [0.2, 0.25) is 0 Å². The summed E-state index contributed by atoms with van der Waals surface area (Å²) in [5.74, 6) is -0.449. The van der Waals surface area contributed by atoms with E-state index in [0.717, 1.165) is 38.5 Å². The number of nitrogens with one attached hydrogen (secondary N) is 2. The van der Waals surface area contributed by atoms with Gasteiger partial charge in [0.05, 0.1) is 0 Å². The first-order valence-corrected chi connectivity index (χ1v) is 17.4. The molecule has 0 aromatic heterocycles. The molecule has 0 saturated heterocycles. The summed E-state index contributed by atoms with van der Waals surface area (Å²) in [4.78, 5) is 36.1. The van der Waals surface area contributed by atoms with Crippen molar-refractivity contribution in [3.05, 3.63) is 0 Å². The molecular weight excluding hydrogens is 498 g/mol. The first-order chi connectivity index (χ1) is 19.5. The van der Waals surface area contributed by atoms with Crippen molar-refractivity contribution in [3.8, 4) is 0 Å². The zero-order valence-electron chi connectivity index (χ0n) is 26.7. The van der Waals surface area contributed by atoms with Crippen molar-refractivity contribution in [2.75, 3.05) is 6.54 Å². The summed E-state index contributed by atoms with van der Waals surface area (Å²) in [6.45, 7) is 5.11. The fraction of sp³-hybridized carbons (Fsp3) is 0.912. The molecule has 6 nitrogen and oxygen atoms in total. The van der Waals surface area contributed by atoms with Crippen molar-refractivity contribution in [1.82, 2.24) is 10.6 Å². The third-order valence-corrected chi connectivity index (χ3v) is 7.94. The van der Waals surface area contributed by atoms with Gasteiger partial charge in [0.15, 0.2) is 0 Å². The van der Waals surface area contributed by atoms with E-state index in [4.69, 9.17) is 5.73 Å². The minimum absolute atomic E-state index is 0.0833. The molecule has 0 bridgehead atoms. The molecule has 0 aliphatic carbocycles. The molecule has 6 heteroatoms. The lowest BCUT2D eigenvalue weighted by Gasteiger charge is -2.15. The summed E-state index contributed by atoms with van der Waals surface area (Å²) in [5.41, 5.74) is 5.52. The first-order valence-electron chi connectivity index (χ1n) is 17.4. The van der Waals surface area contributed by atoms with Gasteiger partial charge in [0, 0.05) is 19.4 Å². The van der Waals surface area contributed by atoms with Crippen LogP contribution in [0.1, 0.15) is 187 Å². The van der Waals surface area contributed by atoms with Crippen LogP contribution >= 0.6 is 0 Å². The Kier molecular flexibility index (Phi) is 29.2. The Balaban J connectivity index is 3.64.